The third-order valence-corrected chi connectivity index (χ3v) is 1.99. The van der Waals surface area contributed by atoms with E-state index in [2.05, 4.69) is 15.5 Å². The van der Waals surface area contributed by atoms with E-state index in [1.807, 2.05) is 44.9 Å². The van der Waals surface area contributed by atoms with Crippen LogP contribution in [-0.2, 0) is 7.05 Å². The van der Waals surface area contributed by atoms with E-state index in [0.29, 0.717) is 0 Å². The molecule has 2 heterocycles. The minimum absolute atomic E-state index is 0.284. The third-order valence-electron chi connectivity index (χ3n) is 1.99. The molecule has 1 unspecified atom stereocenters. The molecule has 1 aliphatic rings. The molecule has 4 heteroatoms. The average Bonchev–Trinajstić information content (AvgIpc) is 2.78. The molecule has 0 saturated carbocycles. The summed E-state index contributed by atoms with van der Waals surface area (Å²) in [5.74, 6) is 0. The van der Waals surface area contributed by atoms with E-state index in [9.17, 15) is 0 Å². The maximum Gasteiger partial charge on any atom is 0.0947 e. The zero-order valence-corrected chi connectivity index (χ0v) is 9.28. The Morgan fingerprint density at radius 3 is 2.64 bits per heavy atom. The number of aryl methyl sites for hydroxylation is 1. The topological polar surface area (TPSA) is 42.2 Å². The van der Waals surface area contributed by atoms with Gasteiger partial charge in [0.25, 0.3) is 0 Å². The van der Waals surface area contributed by atoms with Crippen molar-refractivity contribution in [1.82, 2.24) is 15.0 Å². The van der Waals surface area contributed by atoms with Crippen molar-refractivity contribution in [3.63, 3.8) is 0 Å². The standard InChI is InChI=1S/C8H12N4.C2H6/c1-6-3-7(11-10-6)8-4-12(2)5-9-8;1-2/h4-5,7,11H,3H2,1-2H3;1-2H3. The molecule has 0 amide bonds. The SMILES string of the molecule is CC.CC1=NNC(c2cn(C)cn2)C1. The molecule has 0 radical (unpaired) electrons. The van der Waals surface area contributed by atoms with Crippen molar-refractivity contribution in [2.45, 2.75) is 33.2 Å². The van der Waals surface area contributed by atoms with Crippen molar-refractivity contribution >= 4 is 5.71 Å². The fraction of sp³-hybridized carbons (Fsp3) is 0.600. The molecule has 4 nitrogen and oxygen atoms in total. The summed E-state index contributed by atoms with van der Waals surface area (Å²) in [7, 11) is 1.97. The highest BCUT2D eigenvalue weighted by atomic mass is 15.3. The van der Waals surface area contributed by atoms with Crippen LogP contribution >= 0.6 is 0 Å². The van der Waals surface area contributed by atoms with Gasteiger partial charge in [0.05, 0.1) is 18.1 Å². The molecular formula is C10H18N4. The minimum Gasteiger partial charge on any atom is -0.340 e. The van der Waals surface area contributed by atoms with Crippen molar-refractivity contribution in [2.75, 3.05) is 0 Å². The maximum atomic E-state index is 4.26. The predicted octanol–water partition coefficient (Wildman–Crippen LogP) is 1.86. The van der Waals surface area contributed by atoms with Gasteiger partial charge in [0, 0.05) is 25.4 Å². The van der Waals surface area contributed by atoms with Gasteiger partial charge in [-0.3, -0.25) is 0 Å². The number of imidazole rings is 1. The summed E-state index contributed by atoms with van der Waals surface area (Å²) in [5, 5.41) is 4.12. The quantitative estimate of drug-likeness (QED) is 0.741. The molecule has 1 atom stereocenters. The van der Waals surface area contributed by atoms with Crippen LogP contribution in [0.3, 0.4) is 0 Å². The second kappa shape index (κ2) is 4.79. The first-order valence-electron chi connectivity index (χ1n) is 5.02. The van der Waals surface area contributed by atoms with Gasteiger partial charge in [-0.1, -0.05) is 13.8 Å². The highest BCUT2D eigenvalue weighted by Gasteiger charge is 2.18. The van der Waals surface area contributed by atoms with Gasteiger partial charge < -0.3 is 9.99 Å². The first-order valence-corrected chi connectivity index (χ1v) is 5.02. The Morgan fingerprint density at radius 2 is 2.21 bits per heavy atom. The smallest absolute Gasteiger partial charge is 0.0947 e. The Morgan fingerprint density at radius 1 is 1.50 bits per heavy atom. The number of hydrogen-bond acceptors (Lipinski definition) is 3. The summed E-state index contributed by atoms with van der Waals surface area (Å²) in [6.07, 6.45) is 4.80. The fourth-order valence-corrected chi connectivity index (χ4v) is 1.36. The Balaban J connectivity index is 0.000000461. The second-order valence-electron chi connectivity index (χ2n) is 3.20. The number of hydrogen-bond donors (Lipinski definition) is 1. The van der Waals surface area contributed by atoms with Gasteiger partial charge in [0.15, 0.2) is 0 Å². The number of rotatable bonds is 1. The molecule has 1 N–H and O–H groups in total. The molecular weight excluding hydrogens is 176 g/mol. The van der Waals surface area contributed by atoms with Crippen LogP contribution in [-0.4, -0.2) is 15.3 Å². The van der Waals surface area contributed by atoms with Gasteiger partial charge in [0.2, 0.25) is 0 Å². The van der Waals surface area contributed by atoms with Crippen LogP contribution in [0, 0.1) is 0 Å². The molecule has 0 bridgehead atoms. The van der Waals surface area contributed by atoms with Gasteiger partial charge >= 0.3 is 0 Å². The van der Waals surface area contributed by atoms with Crippen LogP contribution in [0.25, 0.3) is 0 Å². The van der Waals surface area contributed by atoms with Crippen LogP contribution in [0.2, 0.25) is 0 Å². The normalized spacial score (nSPS) is 19.4. The monoisotopic (exact) mass is 194 g/mol. The molecule has 0 fully saturated rings. The van der Waals surface area contributed by atoms with Crippen molar-refractivity contribution in [3.05, 3.63) is 18.2 Å². The highest BCUT2D eigenvalue weighted by molar-refractivity contribution is 5.83. The zero-order chi connectivity index (χ0) is 10.6. The van der Waals surface area contributed by atoms with Crippen molar-refractivity contribution in [1.29, 1.82) is 0 Å². The Hall–Kier alpha value is -1.32. The van der Waals surface area contributed by atoms with Gasteiger partial charge in [-0.25, -0.2) is 4.98 Å². The van der Waals surface area contributed by atoms with Crippen LogP contribution in [0.5, 0.6) is 0 Å². The Labute approximate surface area is 85.0 Å². The second-order valence-corrected chi connectivity index (χ2v) is 3.20. The fourth-order valence-electron chi connectivity index (χ4n) is 1.36. The molecule has 0 aromatic carbocycles. The van der Waals surface area contributed by atoms with E-state index in [1.54, 1.807) is 0 Å². The third kappa shape index (κ3) is 2.34. The number of nitrogens with one attached hydrogen (secondary N) is 1. The van der Waals surface area contributed by atoms with Crippen molar-refractivity contribution in [2.24, 2.45) is 12.1 Å². The molecule has 1 aromatic rings. The van der Waals surface area contributed by atoms with Crippen LogP contribution in [0.4, 0.5) is 0 Å². The predicted molar refractivity (Wildman–Crippen MR) is 58.2 cm³/mol. The number of nitrogens with zero attached hydrogens (tertiary/aromatic N) is 3. The van der Waals surface area contributed by atoms with Gasteiger partial charge in [0.1, 0.15) is 0 Å². The van der Waals surface area contributed by atoms with E-state index in [-0.39, 0.29) is 6.04 Å². The number of hydrazone groups is 1. The Kier molecular flexibility index (Phi) is 3.68. The summed E-state index contributed by atoms with van der Waals surface area (Å²) in [5.41, 5.74) is 5.26. The largest absolute Gasteiger partial charge is 0.340 e. The van der Waals surface area contributed by atoms with Crippen LogP contribution in [0.15, 0.2) is 17.6 Å². The maximum absolute atomic E-state index is 4.26. The van der Waals surface area contributed by atoms with Crippen molar-refractivity contribution in [3.8, 4) is 0 Å². The van der Waals surface area contributed by atoms with E-state index in [0.717, 1.165) is 17.8 Å². The summed E-state index contributed by atoms with van der Waals surface area (Å²) in [6, 6.07) is 0.284. The van der Waals surface area contributed by atoms with E-state index in [4.69, 9.17) is 0 Å². The lowest BCUT2D eigenvalue weighted by molar-refractivity contribution is 0.605. The highest BCUT2D eigenvalue weighted by Crippen LogP contribution is 2.18. The molecule has 0 aliphatic carbocycles. The molecule has 0 spiro atoms. The molecule has 1 aromatic heterocycles. The van der Waals surface area contributed by atoms with Crippen LogP contribution < -0.4 is 5.43 Å². The van der Waals surface area contributed by atoms with E-state index in [1.165, 1.54) is 0 Å². The first kappa shape index (κ1) is 10.8. The average molecular weight is 194 g/mol. The molecule has 1 aliphatic heterocycles. The van der Waals surface area contributed by atoms with Gasteiger partial charge in [-0.15, -0.1) is 0 Å². The van der Waals surface area contributed by atoms with Gasteiger partial charge in [-0.2, -0.15) is 5.10 Å². The minimum atomic E-state index is 0.284. The summed E-state index contributed by atoms with van der Waals surface area (Å²) in [4.78, 5) is 4.26. The van der Waals surface area contributed by atoms with E-state index >= 15 is 0 Å². The Bertz CT molecular complexity index is 314. The summed E-state index contributed by atoms with van der Waals surface area (Å²) < 4.78 is 1.95. The zero-order valence-electron chi connectivity index (χ0n) is 9.28. The molecule has 0 saturated heterocycles. The van der Waals surface area contributed by atoms with Crippen molar-refractivity contribution < 1.29 is 0 Å². The lowest BCUT2D eigenvalue weighted by Crippen LogP contribution is -2.09. The van der Waals surface area contributed by atoms with Gasteiger partial charge in [-0.05, 0) is 6.92 Å². The molecule has 2 rings (SSSR count). The first-order chi connectivity index (χ1) is 6.75. The summed E-state index contributed by atoms with van der Waals surface area (Å²) >= 11 is 0. The number of aromatic nitrogens is 2. The van der Waals surface area contributed by atoms with E-state index < -0.39 is 0 Å². The lowest BCUT2D eigenvalue weighted by atomic mass is 10.1. The van der Waals surface area contributed by atoms with Crippen LogP contribution in [0.1, 0.15) is 38.9 Å². The lowest BCUT2D eigenvalue weighted by Gasteiger charge is -2.04. The molecule has 78 valence electrons. The molecule has 14 heavy (non-hydrogen) atoms. The summed E-state index contributed by atoms with van der Waals surface area (Å²) in [6.45, 7) is 6.02.